The van der Waals surface area contributed by atoms with Gasteiger partial charge in [-0.05, 0) is 25.0 Å². The van der Waals surface area contributed by atoms with E-state index in [4.69, 9.17) is 4.74 Å². The summed E-state index contributed by atoms with van der Waals surface area (Å²) >= 11 is 6.87. The van der Waals surface area contributed by atoms with Crippen LogP contribution in [0.2, 0.25) is 0 Å². The summed E-state index contributed by atoms with van der Waals surface area (Å²) in [6.45, 7) is 0.528. The zero-order valence-electron chi connectivity index (χ0n) is 11.8. The fraction of sp³-hybridized carbons (Fsp3) is 0.600. The third-order valence-corrected chi connectivity index (χ3v) is 5.78. The molecule has 1 aromatic rings. The van der Waals surface area contributed by atoms with Crippen molar-refractivity contribution in [3.8, 4) is 5.75 Å². The molecule has 21 heavy (non-hydrogen) atoms. The lowest BCUT2D eigenvalue weighted by Crippen LogP contribution is -2.30. The minimum atomic E-state index is -0.395. The van der Waals surface area contributed by atoms with Gasteiger partial charge in [-0.15, -0.1) is 0 Å². The number of hydrogen-bond acceptors (Lipinski definition) is 3. The molecule has 0 aromatic heterocycles. The Morgan fingerprint density at radius 1 is 1.24 bits per heavy atom. The molecular formula is C15H19Br2NO3. The highest BCUT2D eigenvalue weighted by molar-refractivity contribution is 9.10. The largest absolute Gasteiger partial charge is 0.486 e. The van der Waals surface area contributed by atoms with Crippen molar-refractivity contribution in [2.75, 3.05) is 11.9 Å². The van der Waals surface area contributed by atoms with Crippen LogP contribution in [0, 0.1) is 15.5 Å². The van der Waals surface area contributed by atoms with Crippen LogP contribution in [0.1, 0.15) is 38.5 Å². The third kappa shape index (κ3) is 4.42. The van der Waals surface area contributed by atoms with Crippen molar-refractivity contribution in [3.63, 3.8) is 0 Å². The molecule has 1 fully saturated rings. The molecule has 1 aliphatic rings. The molecule has 0 unspecified atom stereocenters. The maximum Gasteiger partial charge on any atom is 0.312 e. The van der Waals surface area contributed by atoms with Crippen LogP contribution in [0.15, 0.2) is 22.7 Å². The zero-order chi connectivity index (χ0) is 15.3. The van der Waals surface area contributed by atoms with Crippen molar-refractivity contribution >= 4 is 37.5 Å². The summed E-state index contributed by atoms with van der Waals surface area (Å²) in [5, 5.41) is 12.0. The summed E-state index contributed by atoms with van der Waals surface area (Å²) < 4.78 is 6.54. The van der Waals surface area contributed by atoms with Gasteiger partial charge in [0.05, 0.1) is 11.5 Å². The topological polar surface area (TPSA) is 52.4 Å². The summed E-state index contributed by atoms with van der Waals surface area (Å²) in [5.41, 5.74) is 0.111. The van der Waals surface area contributed by atoms with Crippen molar-refractivity contribution in [1.29, 1.82) is 0 Å². The first-order valence-corrected chi connectivity index (χ1v) is 9.10. The monoisotopic (exact) mass is 419 g/mol. The molecular weight excluding hydrogens is 402 g/mol. The Kier molecular flexibility index (Phi) is 6.05. The average Bonchev–Trinajstić information content (AvgIpc) is 2.72. The van der Waals surface area contributed by atoms with Crippen LogP contribution in [-0.2, 0) is 0 Å². The molecule has 1 saturated carbocycles. The number of nitro benzene ring substituents is 1. The third-order valence-electron chi connectivity index (χ3n) is 4.10. The average molecular weight is 421 g/mol. The summed E-state index contributed by atoms with van der Waals surface area (Å²) in [5.74, 6) is 0.354. The second-order valence-electron chi connectivity index (χ2n) is 5.71. The smallest absolute Gasteiger partial charge is 0.312 e. The van der Waals surface area contributed by atoms with Crippen LogP contribution in [0.3, 0.4) is 0 Å². The van der Waals surface area contributed by atoms with E-state index >= 15 is 0 Å². The Hall–Kier alpha value is -0.620. The molecule has 2 rings (SSSR count). The number of rotatable bonds is 5. The number of nitrogens with zero attached hydrogens (tertiary/aromatic N) is 1. The number of halogens is 2. The molecule has 0 N–H and O–H groups in total. The summed E-state index contributed by atoms with van der Waals surface area (Å²) in [6.07, 6.45) is 7.18. The Morgan fingerprint density at radius 2 is 1.90 bits per heavy atom. The summed E-state index contributed by atoms with van der Waals surface area (Å²) in [7, 11) is 0. The number of hydrogen-bond donors (Lipinski definition) is 0. The van der Waals surface area contributed by atoms with Crippen LogP contribution in [-0.4, -0.2) is 16.9 Å². The van der Waals surface area contributed by atoms with Gasteiger partial charge in [0.1, 0.15) is 0 Å². The van der Waals surface area contributed by atoms with Crippen molar-refractivity contribution in [2.24, 2.45) is 5.41 Å². The van der Waals surface area contributed by atoms with E-state index in [1.165, 1.54) is 31.7 Å². The van der Waals surface area contributed by atoms with Crippen molar-refractivity contribution in [2.45, 2.75) is 38.5 Å². The molecule has 0 heterocycles. The SMILES string of the molecule is O=[N+]([O-])c1cc(Br)ccc1OCC1(CBr)CCCCCC1. The molecule has 1 aromatic carbocycles. The zero-order valence-corrected chi connectivity index (χ0v) is 15.0. The number of benzene rings is 1. The highest BCUT2D eigenvalue weighted by Crippen LogP contribution is 2.38. The predicted molar refractivity (Wildman–Crippen MR) is 90.2 cm³/mol. The molecule has 0 radical (unpaired) electrons. The fourth-order valence-corrected chi connectivity index (χ4v) is 3.85. The molecule has 4 nitrogen and oxygen atoms in total. The molecule has 116 valence electrons. The second kappa shape index (κ2) is 7.58. The van der Waals surface area contributed by atoms with Gasteiger partial charge < -0.3 is 4.74 Å². The lowest BCUT2D eigenvalue weighted by molar-refractivity contribution is -0.386. The Balaban J connectivity index is 2.12. The summed E-state index contributed by atoms with van der Waals surface area (Å²) in [4.78, 5) is 10.7. The Bertz CT molecular complexity index is 500. The van der Waals surface area contributed by atoms with E-state index in [-0.39, 0.29) is 11.1 Å². The first-order chi connectivity index (χ1) is 10.1. The van der Waals surface area contributed by atoms with Crippen molar-refractivity contribution in [3.05, 3.63) is 32.8 Å². The van der Waals surface area contributed by atoms with Gasteiger partial charge in [0.2, 0.25) is 0 Å². The minimum absolute atomic E-state index is 0.0164. The van der Waals surface area contributed by atoms with Gasteiger partial charge in [-0.25, -0.2) is 0 Å². The predicted octanol–water partition coefficient (Wildman–Crippen LogP) is 5.47. The second-order valence-corrected chi connectivity index (χ2v) is 7.18. The van der Waals surface area contributed by atoms with E-state index in [0.717, 1.165) is 18.2 Å². The molecule has 6 heteroatoms. The highest BCUT2D eigenvalue weighted by Gasteiger charge is 2.31. The molecule has 0 bridgehead atoms. The normalized spacial score (nSPS) is 18.0. The van der Waals surface area contributed by atoms with E-state index in [1.807, 2.05) is 0 Å². The van der Waals surface area contributed by atoms with E-state index in [0.29, 0.717) is 16.8 Å². The lowest BCUT2D eigenvalue weighted by atomic mass is 9.83. The van der Waals surface area contributed by atoms with Crippen molar-refractivity contribution < 1.29 is 9.66 Å². The standard InChI is InChI=1S/C15H19Br2NO3/c16-10-15(7-3-1-2-4-8-15)11-21-14-6-5-12(17)9-13(14)18(19)20/h5-6,9H,1-4,7-8,10-11H2. The molecule has 0 spiro atoms. The van der Waals surface area contributed by atoms with Gasteiger partial charge in [0.25, 0.3) is 0 Å². The highest BCUT2D eigenvalue weighted by atomic mass is 79.9. The first kappa shape index (κ1) is 16.7. The van der Waals surface area contributed by atoms with E-state index in [9.17, 15) is 10.1 Å². The minimum Gasteiger partial charge on any atom is -0.486 e. The maximum absolute atomic E-state index is 11.1. The number of alkyl halides is 1. The first-order valence-electron chi connectivity index (χ1n) is 7.19. The molecule has 1 aliphatic carbocycles. The van der Waals surface area contributed by atoms with Crippen LogP contribution < -0.4 is 4.74 Å². The van der Waals surface area contributed by atoms with E-state index in [1.54, 1.807) is 12.1 Å². The van der Waals surface area contributed by atoms with Crippen molar-refractivity contribution in [1.82, 2.24) is 0 Å². The van der Waals surface area contributed by atoms with Gasteiger partial charge in [-0.1, -0.05) is 57.5 Å². The van der Waals surface area contributed by atoms with Gasteiger partial charge in [-0.2, -0.15) is 0 Å². The Morgan fingerprint density at radius 3 is 2.48 bits per heavy atom. The number of ether oxygens (including phenoxy) is 1. The van der Waals surface area contributed by atoms with Gasteiger partial charge in [0.15, 0.2) is 5.75 Å². The Labute approximate surface area is 141 Å². The van der Waals surface area contributed by atoms with Crippen LogP contribution >= 0.6 is 31.9 Å². The van der Waals surface area contributed by atoms with Crippen LogP contribution in [0.4, 0.5) is 5.69 Å². The fourth-order valence-electron chi connectivity index (χ4n) is 2.78. The van der Waals surface area contributed by atoms with E-state index in [2.05, 4.69) is 31.9 Å². The molecule has 0 amide bonds. The van der Waals surface area contributed by atoms with Crippen LogP contribution in [0.25, 0.3) is 0 Å². The number of nitro groups is 1. The molecule has 0 atom stereocenters. The van der Waals surface area contributed by atoms with Crippen LogP contribution in [0.5, 0.6) is 5.75 Å². The lowest BCUT2D eigenvalue weighted by Gasteiger charge is -2.30. The van der Waals surface area contributed by atoms with E-state index < -0.39 is 4.92 Å². The molecule has 0 saturated heterocycles. The van der Waals surface area contributed by atoms with Gasteiger partial charge >= 0.3 is 5.69 Å². The summed E-state index contributed by atoms with van der Waals surface area (Å²) in [6, 6.07) is 4.93. The quantitative estimate of drug-likeness (QED) is 0.274. The van der Waals surface area contributed by atoms with Gasteiger partial charge in [-0.3, -0.25) is 10.1 Å². The molecule has 0 aliphatic heterocycles. The maximum atomic E-state index is 11.1. The van der Waals surface area contributed by atoms with Gasteiger partial charge in [0, 0.05) is 21.3 Å².